The van der Waals surface area contributed by atoms with E-state index in [1.54, 1.807) is 12.0 Å². The molecule has 1 aromatic heterocycles. The minimum Gasteiger partial charge on any atom is -0.495 e. The summed E-state index contributed by atoms with van der Waals surface area (Å²) in [4.78, 5) is 19.5. The molecule has 1 aliphatic heterocycles. The normalized spacial score (nSPS) is 15.9. The number of methoxy groups -OCH3 is 1. The van der Waals surface area contributed by atoms with Gasteiger partial charge in [-0.15, -0.1) is 0 Å². The van der Waals surface area contributed by atoms with Crippen LogP contribution in [0.1, 0.15) is 24.8 Å². The van der Waals surface area contributed by atoms with Gasteiger partial charge in [-0.2, -0.15) is 0 Å². The Morgan fingerprint density at radius 1 is 1.06 bits per heavy atom. The molecule has 1 N–H and O–H groups in total. The Morgan fingerprint density at radius 2 is 1.87 bits per heavy atom. The molecule has 1 aliphatic rings. The number of carbonyl (C=O) groups is 1. The van der Waals surface area contributed by atoms with Crippen molar-refractivity contribution in [2.24, 2.45) is 0 Å². The highest BCUT2D eigenvalue weighted by atomic mass is 16.5. The Bertz CT molecular complexity index is 1220. The molecule has 1 saturated heterocycles. The van der Waals surface area contributed by atoms with E-state index in [1.807, 2.05) is 60.7 Å². The van der Waals surface area contributed by atoms with E-state index in [1.165, 1.54) is 0 Å². The molecule has 1 fully saturated rings. The molecular weight excluding hydrogens is 390 g/mol. The number of para-hydroxylation sites is 2. The number of rotatable bonds is 4. The highest BCUT2D eigenvalue weighted by Gasteiger charge is 2.34. The van der Waals surface area contributed by atoms with E-state index in [2.05, 4.69) is 17.4 Å². The van der Waals surface area contributed by atoms with Crippen molar-refractivity contribution in [3.05, 3.63) is 78.7 Å². The summed E-state index contributed by atoms with van der Waals surface area (Å²) in [6, 6.07) is 23.2. The largest absolute Gasteiger partial charge is 0.495 e. The smallest absolute Gasteiger partial charge is 0.322 e. The molecule has 0 bridgehead atoms. The number of hydrogen-bond acceptors (Lipinski definition) is 4. The molecule has 0 radical (unpaired) electrons. The lowest BCUT2D eigenvalue weighted by Crippen LogP contribution is -2.34. The average molecular weight is 413 g/mol. The maximum atomic E-state index is 13.0. The van der Waals surface area contributed by atoms with Crippen LogP contribution < -0.4 is 10.1 Å². The van der Waals surface area contributed by atoms with Gasteiger partial charge in [0, 0.05) is 6.54 Å². The van der Waals surface area contributed by atoms with Gasteiger partial charge < -0.3 is 19.4 Å². The molecule has 6 heteroatoms. The standard InChI is InChI=1S/C25H23N3O3/c1-30-22-12-6-5-10-19(22)27-25(29)28-15-7-11-21(28)24-26-20-16-18(13-14-23(20)31-24)17-8-3-2-4-9-17/h2-6,8-10,12-14,16,21H,7,11,15H2,1H3,(H,27,29). The number of aromatic nitrogens is 1. The number of oxazole rings is 1. The summed E-state index contributed by atoms with van der Waals surface area (Å²) in [6.45, 7) is 0.652. The highest BCUT2D eigenvalue weighted by Crippen LogP contribution is 2.35. The number of amides is 2. The van der Waals surface area contributed by atoms with Crippen LogP contribution in [0.4, 0.5) is 10.5 Å². The van der Waals surface area contributed by atoms with Crippen LogP contribution in [0.25, 0.3) is 22.2 Å². The first-order chi connectivity index (χ1) is 15.2. The summed E-state index contributed by atoms with van der Waals surface area (Å²) in [5.41, 5.74) is 4.39. The molecule has 1 atom stereocenters. The molecule has 3 aromatic carbocycles. The number of anilines is 1. The predicted octanol–water partition coefficient (Wildman–Crippen LogP) is 5.87. The third-order valence-electron chi connectivity index (χ3n) is 5.66. The van der Waals surface area contributed by atoms with Gasteiger partial charge in [-0.1, -0.05) is 48.5 Å². The zero-order chi connectivity index (χ0) is 21.2. The van der Waals surface area contributed by atoms with E-state index in [-0.39, 0.29) is 12.1 Å². The zero-order valence-corrected chi connectivity index (χ0v) is 17.2. The molecule has 2 amide bonds. The molecule has 156 valence electrons. The van der Waals surface area contributed by atoms with Gasteiger partial charge in [0.1, 0.15) is 17.3 Å². The summed E-state index contributed by atoms with van der Waals surface area (Å²) in [7, 11) is 1.59. The van der Waals surface area contributed by atoms with E-state index in [0.717, 1.165) is 35.1 Å². The van der Waals surface area contributed by atoms with Crippen molar-refractivity contribution < 1.29 is 13.9 Å². The molecular formula is C25H23N3O3. The lowest BCUT2D eigenvalue weighted by molar-refractivity contribution is 0.198. The number of nitrogens with one attached hydrogen (secondary N) is 1. The van der Waals surface area contributed by atoms with E-state index in [9.17, 15) is 4.79 Å². The van der Waals surface area contributed by atoms with Crippen molar-refractivity contribution in [1.29, 1.82) is 0 Å². The lowest BCUT2D eigenvalue weighted by Gasteiger charge is -2.23. The summed E-state index contributed by atoms with van der Waals surface area (Å²) in [5, 5.41) is 2.96. The van der Waals surface area contributed by atoms with Crippen molar-refractivity contribution in [1.82, 2.24) is 9.88 Å². The number of urea groups is 1. The van der Waals surface area contributed by atoms with Gasteiger partial charge in [-0.3, -0.25) is 0 Å². The van der Waals surface area contributed by atoms with Gasteiger partial charge in [0.15, 0.2) is 5.58 Å². The number of fused-ring (bicyclic) bond motifs is 1. The van der Waals surface area contributed by atoms with Crippen molar-refractivity contribution in [2.45, 2.75) is 18.9 Å². The number of carbonyl (C=O) groups excluding carboxylic acids is 1. The summed E-state index contributed by atoms with van der Waals surface area (Å²) in [6.07, 6.45) is 1.72. The van der Waals surface area contributed by atoms with Gasteiger partial charge in [-0.25, -0.2) is 9.78 Å². The quantitative estimate of drug-likeness (QED) is 0.454. The highest BCUT2D eigenvalue weighted by molar-refractivity contribution is 5.91. The Hall–Kier alpha value is -3.80. The second-order valence-corrected chi connectivity index (χ2v) is 7.58. The van der Waals surface area contributed by atoms with Crippen LogP contribution in [0, 0.1) is 0 Å². The second kappa shape index (κ2) is 8.14. The maximum Gasteiger partial charge on any atom is 0.322 e. The number of nitrogens with zero attached hydrogens (tertiary/aromatic N) is 2. The van der Waals surface area contributed by atoms with Gasteiger partial charge in [-0.05, 0) is 48.2 Å². The number of ether oxygens (including phenoxy) is 1. The topological polar surface area (TPSA) is 67.6 Å². The van der Waals surface area contributed by atoms with Crippen molar-refractivity contribution in [2.75, 3.05) is 19.0 Å². The first-order valence-corrected chi connectivity index (χ1v) is 10.4. The van der Waals surface area contributed by atoms with Crippen molar-refractivity contribution in [3.8, 4) is 16.9 Å². The SMILES string of the molecule is COc1ccccc1NC(=O)N1CCCC1c1nc2cc(-c3ccccc3)ccc2o1. The molecule has 0 saturated carbocycles. The predicted molar refractivity (Wildman–Crippen MR) is 120 cm³/mol. The van der Waals surface area contributed by atoms with E-state index in [0.29, 0.717) is 23.9 Å². The summed E-state index contributed by atoms with van der Waals surface area (Å²) in [5.74, 6) is 1.20. The lowest BCUT2D eigenvalue weighted by atomic mass is 10.1. The fraction of sp³-hybridized carbons (Fsp3) is 0.200. The van der Waals surface area contributed by atoms with Gasteiger partial charge in [0.05, 0.1) is 12.8 Å². The molecule has 0 spiro atoms. The average Bonchev–Trinajstić information content (AvgIpc) is 3.46. The zero-order valence-electron chi connectivity index (χ0n) is 17.2. The van der Waals surface area contributed by atoms with Crippen molar-refractivity contribution >= 4 is 22.8 Å². The Kier molecular flexibility index (Phi) is 5.04. The van der Waals surface area contributed by atoms with Gasteiger partial charge >= 0.3 is 6.03 Å². The Labute approximate surface area is 180 Å². The number of hydrogen-bond donors (Lipinski definition) is 1. The monoisotopic (exact) mass is 413 g/mol. The molecule has 6 nitrogen and oxygen atoms in total. The van der Waals surface area contributed by atoms with Crippen LogP contribution in [0.2, 0.25) is 0 Å². The molecule has 4 aromatic rings. The van der Waals surface area contributed by atoms with Crippen LogP contribution in [0.5, 0.6) is 5.75 Å². The van der Waals surface area contributed by atoms with Crippen LogP contribution in [-0.2, 0) is 0 Å². The van der Waals surface area contributed by atoms with Crippen LogP contribution in [0.15, 0.2) is 77.2 Å². The molecule has 5 rings (SSSR count). The Balaban J connectivity index is 1.40. The van der Waals surface area contributed by atoms with Crippen LogP contribution >= 0.6 is 0 Å². The molecule has 0 aliphatic carbocycles. The van der Waals surface area contributed by atoms with E-state index >= 15 is 0 Å². The van der Waals surface area contributed by atoms with Crippen LogP contribution in [-0.4, -0.2) is 29.6 Å². The van der Waals surface area contributed by atoms with Crippen LogP contribution in [0.3, 0.4) is 0 Å². The number of benzene rings is 3. The van der Waals surface area contributed by atoms with E-state index in [4.69, 9.17) is 14.1 Å². The fourth-order valence-electron chi connectivity index (χ4n) is 4.10. The Morgan fingerprint density at radius 3 is 2.71 bits per heavy atom. The second-order valence-electron chi connectivity index (χ2n) is 7.58. The first-order valence-electron chi connectivity index (χ1n) is 10.4. The molecule has 31 heavy (non-hydrogen) atoms. The summed E-state index contributed by atoms with van der Waals surface area (Å²) < 4.78 is 11.4. The van der Waals surface area contributed by atoms with E-state index < -0.39 is 0 Å². The first kappa shape index (κ1) is 19.2. The molecule has 1 unspecified atom stereocenters. The molecule has 2 heterocycles. The third kappa shape index (κ3) is 3.72. The number of likely N-dealkylation sites (tertiary alicyclic amines) is 1. The van der Waals surface area contributed by atoms with Gasteiger partial charge in [0.2, 0.25) is 5.89 Å². The minimum absolute atomic E-state index is 0.181. The maximum absolute atomic E-state index is 13.0. The fourth-order valence-corrected chi connectivity index (χ4v) is 4.10. The summed E-state index contributed by atoms with van der Waals surface area (Å²) >= 11 is 0. The van der Waals surface area contributed by atoms with Crippen molar-refractivity contribution in [3.63, 3.8) is 0 Å². The van der Waals surface area contributed by atoms with Gasteiger partial charge in [0.25, 0.3) is 0 Å². The minimum atomic E-state index is -0.192. The third-order valence-corrected chi connectivity index (χ3v) is 5.66.